The molecule has 1 aromatic rings. The van der Waals surface area contributed by atoms with Crippen LogP contribution in [-0.4, -0.2) is 55.1 Å². The minimum Gasteiger partial charge on any atom is -0.343 e. The van der Waals surface area contributed by atoms with E-state index in [1.807, 2.05) is 0 Å². The monoisotopic (exact) mass is 377 g/mol. The lowest BCUT2D eigenvalue weighted by Gasteiger charge is -2.26. The molecule has 0 spiro atoms. The van der Waals surface area contributed by atoms with Gasteiger partial charge in [-0.25, -0.2) is 0 Å². The van der Waals surface area contributed by atoms with Crippen molar-refractivity contribution in [3.8, 4) is 0 Å². The fourth-order valence-electron chi connectivity index (χ4n) is 2.60. The van der Waals surface area contributed by atoms with Gasteiger partial charge in [-0.15, -0.1) is 0 Å². The van der Waals surface area contributed by atoms with E-state index < -0.39 is 30.7 Å². The van der Waals surface area contributed by atoms with Gasteiger partial charge in [0.2, 0.25) is 11.8 Å². The van der Waals surface area contributed by atoms with Crippen LogP contribution in [0.2, 0.25) is 5.02 Å². The fraction of sp³-hybridized carbons (Fsp3) is 0.500. The first-order chi connectivity index (χ1) is 11.6. The number of nitrogens with zero attached hydrogens (tertiary/aromatic N) is 2. The predicted octanol–water partition coefficient (Wildman–Crippen LogP) is 2.44. The second kappa shape index (κ2) is 7.61. The molecule has 25 heavy (non-hydrogen) atoms. The Morgan fingerprint density at radius 1 is 1.40 bits per heavy atom. The Morgan fingerprint density at radius 2 is 2.00 bits per heavy atom. The van der Waals surface area contributed by atoms with E-state index in [2.05, 4.69) is 5.32 Å². The van der Waals surface area contributed by atoms with Crippen molar-refractivity contribution in [3.63, 3.8) is 0 Å². The van der Waals surface area contributed by atoms with Gasteiger partial charge < -0.3 is 10.2 Å². The molecule has 1 N–H and O–H groups in total. The average Bonchev–Trinajstić information content (AvgIpc) is 2.86. The van der Waals surface area contributed by atoms with Crippen LogP contribution < -0.4 is 10.2 Å². The second-order valence-electron chi connectivity index (χ2n) is 6.02. The number of halogens is 4. The largest absolute Gasteiger partial charge is 0.401 e. The quantitative estimate of drug-likeness (QED) is 0.857. The van der Waals surface area contributed by atoms with Crippen LogP contribution in [-0.2, 0) is 9.59 Å². The topological polar surface area (TPSA) is 52.7 Å². The first kappa shape index (κ1) is 19.5. The number of likely N-dealkylation sites (N-methyl/N-ethyl adjacent to an activating group) is 1. The summed E-state index contributed by atoms with van der Waals surface area (Å²) in [5.74, 6) is -0.899. The molecule has 1 heterocycles. The lowest BCUT2D eigenvalue weighted by atomic mass is 10.2. The van der Waals surface area contributed by atoms with Crippen molar-refractivity contribution in [3.05, 3.63) is 29.3 Å². The third kappa shape index (κ3) is 5.09. The van der Waals surface area contributed by atoms with Gasteiger partial charge in [-0.05, 0) is 44.7 Å². The summed E-state index contributed by atoms with van der Waals surface area (Å²) in [5, 5.41) is 3.08. The smallest absolute Gasteiger partial charge is 0.343 e. The summed E-state index contributed by atoms with van der Waals surface area (Å²) in [6, 6.07) is 4.96. The number of hydrogen-bond donors (Lipinski definition) is 1. The molecule has 9 heteroatoms. The van der Waals surface area contributed by atoms with Crippen molar-refractivity contribution >= 4 is 29.1 Å². The molecule has 1 fully saturated rings. The van der Waals surface area contributed by atoms with Crippen LogP contribution in [0.5, 0.6) is 0 Å². The standard InChI is InChI=1S/C16H19ClF3N3O2/c1-10(22(2)9-16(18,19)20)14(24)21-13-7-8-23(15(13)25)12-5-3-11(17)4-6-12/h3-6,10,13H,7-9H2,1-2H3,(H,21,24)/t10-,13-/m1/s1. The van der Waals surface area contributed by atoms with Gasteiger partial charge in [0.1, 0.15) is 6.04 Å². The molecule has 1 aromatic carbocycles. The number of anilines is 1. The molecular weight excluding hydrogens is 359 g/mol. The molecule has 0 saturated carbocycles. The maximum absolute atomic E-state index is 12.4. The molecule has 1 saturated heterocycles. The van der Waals surface area contributed by atoms with Crippen LogP contribution in [0.4, 0.5) is 18.9 Å². The Balaban J connectivity index is 1.95. The molecular formula is C16H19ClF3N3O2. The summed E-state index contributed by atoms with van der Waals surface area (Å²) >= 11 is 5.82. The molecule has 0 aromatic heterocycles. The number of carbonyl (C=O) groups is 2. The highest BCUT2D eigenvalue weighted by Crippen LogP contribution is 2.23. The SMILES string of the molecule is C[C@H](C(=O)N[C@@H]1CCN(c2ccc(Cl)cc2)C1=O)N(C)CC(F)(F)F. The summed E-state index contributed by atoms with van der Waals surface area (Å²) < 4.78 is 37.3. The lowest BCUT2D eigenvalue weighted by molar-refractivity contribution is -0.151. The Kier molecular flexibility index (Phi) is 5.95. The van der Waals surface area contributed by atoms with Crippen molar-refractivity contribution in [1.29, 1.82) is 0 Å². The van der Waals surface area contributed by atoms with Crippen LogP contribution in [0.15, 0.2) is 24.3 Å². The first-order valence-corrected chi connectivity index (χ1v) is 8.10. The van der Waals surface area contributed by atoms with E-state index >= 15 is 0 Å². The molecule has 138 valence electrons. The van der Waals surface area contributed by atoms with E-state index in [-0.39, 0.29) is 5.91 Å². The second-order valence-corrected chi connectivity index (χ2v) is 6.46. The van der Waals surface area contributed by atoms with E-state index in [4.69, 9.17) is 11.6 Å². The van der Waals surface area contributed by atoms with Gasteiger partial charge in [0.15, 0.2) is 0 Å². The van der Waals surface area contributed by atoms with Crippen LogP contribution >= 0.6 is 11.6 Å². The van der Waals surface area contributed by atoms with Crippen molar-refractivity contribution in [2.45, 2.75) is 31.6 Å². The van der Waals surface area contributed by atoms with Gasteiger partial charge in [0.05, 0.1) is 12.6 Å². The van der Waals surface area contributed by atoms with Crippen LogP contribution in [0.25, 0.3) is 0 Å². The first-order valence-electron chi connectivity index (χ1n) is 7.73. The summed E-state index contributed by atoms with van der Waals surface area (Å²) in [6.07, 6.45) is -4.00. The van der Waals surface area contributed by atoms with Crippen molar-refractivity contribution in [2.24, 2.45) is 0 Å². The zero-order valence-corrected chi connectivity index (χ0v) is 14.6. The summed E-state index contributed by atoms with van der Waals surface area (Å²) in [4.78, 5) is 27.0. The molecule has 0 radical (unpaired) electrons. The van der Waals surface area contributed by atoms with Crippen molar-refractivity contribution in [2.75, 3.05) is 25.0 Å². The highest BCUT2D eigenvalue weighted by Gasteiger charge is 2.36. The molecule has 1 aliphatic rings. The predicted molar refractivity (Wildman–Crippen MR) is 88.5 cm³/mol. The Morgan fingerprint density at radius 3 is 2.56 bits per heavy atom. The maximum Gasteiger partial charge on any atom is 0.401 e. The van der Waals surface area contributed by atoms with E-state index in [9.17, 15) is 22.8 Å². The van der Waals surface area contributed by atoms with Gasteiger partial charge in [-0.1, -0.05) is 11.6 Å². The molecule has 2 atom stereocenters. The summed E-state index contributed by atoms with van der Waals surface area (Å²) in [6.45, 7) is 0.590. The molecule has 1 aliphatic heterocycles. The molecule has 2 rings (SSSR count). The summed E-state index contributed by atoms with van der Waals surface area (Å²) in [7, 11) is 1.22. The number of alkyl halides is 3. The van der Waals surface area contributed by atoms with Crippen LogP contribution in [0, 0.1) is 0 Å². The van der Waals surface area contributed by atoms with Crippen molar-refractivity contribution in [1.82, 2.24) is 10.2 Å². The Labute approximate surface area is 148 Å². The Bertz CT molecular complexity index is 637. The summed E-state index contributed by atoms with van der Waals surface area (Å²) in [5.41, 5.74) is 0.661. The lowest BCUT2D eigenvalue weighted by Crippen LogP contribution is -2.51. The van der Waals surface area contributed by atoms with Gasteiger partial charge >= 0.3 is 6.18 Å². The fourth-order valence-corrected chi connectivity index (χ4v) is 2.73. The number of amides is 2. The van der Waals surface area contributed by atoms with E-state index in [0.29, 0.717) is 23.7 Å². The molecule has 5 nitrogen and oxygen atoms in total. The maximum atomic E-state index is 12.4. The number of benzene rings is 1. The third-order valence-electron chi connectivity index (χ3n) is 4.13. The highest BCUT2D eigenvalue weighted by molar-refractivity contribution is 6.30. The average molecular weight is 378 g/mol. The minimum absolute atomic E-state index is 0.290. The van der Waals surface area contributed by atoms with Gasteiger partial charge in [-0.2, -0.15) is 13.2 Å². The Hall–Kier alpha value is -1.80. The van der Waals surface area contributed by atoms with Crippen LogP contribution in [0.3, 0.4) is 0 Å². The number of carbonyl (C=O) groups excluding carboxylic acids is 2. The number of nitrogens with one attached hydrogen (secondary N) is 1. The zero-order valence-electron chi connectivity index (χ0n) is 13.8. The van der Waals surface area contributed by atoms with Gasteiger partial charge in [-0.3, -0.25) is 14.5 Å². The number of hydrogen-bond acceptors (Lipinski definition) is 3. The van der Waals surface area contributed by atoms with Gasteiger partial charge in [0, 0.05) is 17.3 Å². The molecule has 2 amide bonds. The minimum atomic E-state index is -4.39. The molecule has 0 bridgehead atoms. The molecule has 0 aliphatic carbocycles. The van der Waals surface area contributed by atoms with Crippen molar-refractivity contribution < 1.29 is 22.8 Å². The van der Waals surface area contributed by atoms with Crippen LogP contribution in [0.1, 0.15) is 13.3 Å². The van der Waals surface area contributed by atoms with E-state index in [1.165, 1.54) is 18.9 Å². The van der Waals surface area contributed by atoms with E-state index in [1.54, 1.807) is 24.3 Å². The molecule has 0 unspecified atom stereocenters. The van der Waals surface area contributed by atoms with Gasteiger partial charge in [0.25, 0.3) is 0 Å². The van der Waals surface area contributed by atoms with E-state index in [0.717, 1.165) is 4.90 Å². The number of rotatable bonds is 5. The third-order valence-corrected chi connectivity index (χ3v) is 4.38. The zero-order chi connectivity index (χ0) is 18.8. The normalized spacial score (nSPS) is 19.4. The highest BCUT2D eigenvalue weighted by atomic mass is 35.5.